The van der Waals surface area contributed by atoms with Crippen LogP contribution in [0.2, 0.25) is 0 Å². The predicted octanol–water partition coefficient (Wildman–Crippen LogP) is 1.36. The number of pyridine rings is 1. The summed E-state index contributed by atoms with van der Waals surface area (Å²) in [5.74, 6) is 1.32. The van der Waals surface area contributed by atoms with Crippen LogP contribution < -0.4 is 10.1 Å². The van der Waals surface area contributed by atoms with Crippen LogP contribution in [0.4, 0.5) is 5.82 Å². The van der Waals surface area contributed by atoms with E-state index in [1.54, 1.807) is 25.6 Å². The van der Waals surface area contributed by atoms with Gasteiger partial charge in [0.05, 0.1) is 7.11 Å². The summed E-state index contributed by atoms with van der Waals surface area (Å²) < 4.78 is 5.04. The van der Waals surface area contributed by atoms with Gasteiger partial charge in [-0.1, -0.05) is 0 Å². The molecule has 2 aromatic rings. The molecule has 0 aromatic carbocycles. The third-order valence-electron chi connectivity index (χ3n) is 2.24. The molecule has 2 aromatic heterocycles. The lowest BCUT2D eigenvalue weighted by atomic mass is 10.2. The molecule has 6 heteroatoms. The van der Waals surface area contributed by atoms with Gasteiger partial charge >= 0.3 is 0 Å². The first-order valence-electron chi connectivity index (χ1n) is 5.28. The van der Waals surface area contributed by atoms with E-state index in [4.69, 9.17) is 10.00 Å². The first kappa shape index (κ1) is 11.8. The van der Waals surface area contributed by atoms with Crippen LogP contribution in [0, 0.1) is 11.3 Å². The van der Waals surface area contributed by atoms with Crippen molar-refractivity contribution in [3.63, 3.8) is 0 Å². The van der Waals surface area contributed by atoms with Crippen molar-refractivity contribution in [2.45, 2.75) is 6.54 Å². The van der Waals surface area contributed by atoms with Crippen molar-refractivity contribution in [2.24, 2.45) is 0 Å². The zero-order valence-corrected chi connectivity index (χ0v) is 9.79. The second kappa shape index (κ2) is 5.59. The highest BCUT2D eigenvalue weighted by Gasteiger charge is 2.00. The van der Waals surface area contributed by atoms with Gasteiger partial charge in [0.1, 0.15) is 11.9 Å². The van der Waals surface area contributed by atoms with E-state index in [2.05, 4.69) is 20.3 Å². The van der Waals surface area contributed by atoms with Crippen LogP contribution >= 0.6 is 0 Å². The molecule has 0 aliphatic rings. The third kappa shape index (κ3) is 2.92. The van der Waals surface area contributed by atoms with Gasteiger partial charge in [0.2, 0.25) is 11.7 Å². The molecule has 0 aliphatic carbocycles. The van der Waals surface area contributed by atoms with Crippen molar-refractivity contribution in [1.29, 1.82) is 5.26 Å². The Balaban J connectivity index is 2.04. The molecule has 1 N–H and O–H groups in total. The average Bonchev–Trinajstić information content (AvgIpc) is 2.45. The molecule has 0 amide bonds. The molecule has 6 nitrogen and oxygen atoms in total. The number of methoxy groups -OCH3 is 1. The van der Waals surface area contributed by atoms with Gasteiger partial charge in [-0.2, -0.15) is 5.26 Å². The third-order valence-corrected chi connectivity index (χ3v) is 2.24. The van der Waals surface area contributed by atoms with Crippen LogP contribution in [-0.2, 0) is 6.54 Å². The molecule has 0 bridgehead atoms. The lowest BCUT2D eigenvalue weighted by Gasteiger charge is -2.06. The Morgan fingerprint density at radius 2 is 2.17 bits per heavy atom. The number of rotatable bonds is 4. The summed E-state index contributed by atoms with van der Waals surface area (Å²) >= 11 is 0. The lowest BCUT2D eigenvalue weighted by molar-refractivity contribution is 0.397. The highest BCUT2D eigenvalue weighted by Crippen LogP contribution is 2.10. The molecular formula is C12H11N5O. The zero-order chi connectivity index (χ0) is 12.8. The van der Waals surface area contributed by atoms with Crippen molar-refractivity contribution < 1.29 is 4.74 Å². The minimum absolute atomic E-state index is 0.146. The first-order chi connectivity index (χ1) is 8.81. The Morgan fingerprint density at radius 3 is 2.94 bits per heavy atom. The Kier molecular flexibility index (Phi) is 3.66. The normalized spacial score (nSPS) is 9.56. The molecule has 0 aliphatic heterocycles. The van der Waals surface area contributed by atoms with E-state index in [0.717, 1.165) is 5.56 Å². The number of nitrogens with one attached hydrogen (secondary N) is 1. The zero-order valence-electron chi connectivity index (χ0n) is 9.79. The van der Waals surface area contributed by atoms with E-state index in [0.29, 0.717) is 18.2 Å². The maximum Gasteiger partial charge on any atom is 0.234 e. The van der Waals surface area contributed by atoms with Crippen LogP contribution in [0.5, 0.6) is 5.88 Å². The number of ether oxygens (including phenoxy) is 1. The van der Waals surface area contributed by atoms with E-state index >= 15 is 0 Å². The summed E-state index contributed by atoms with van der Waals surface area (Å²) in [7, 11) is 1.57. The van der Waals surface area contributed by atoms with Crippen LogP contribution in [0.1, 0.15) is 11.4 Å². The van der Waals surface area contributed by atoms with E-state index in [9.17, 15) is 0 Å². The fraction of sp³-hybridized carbons (Fsp3) is 0.167. The molecule has 90 valence electrons. The van der Waals surface area contributed by atoms with Gasteiger partial charge in [-0.05, 0) is 17.7 Å². The highest BCUT2D eigenvalue weighted by molar-refractivity contribution is 5.36. The van der Waals surface area contributed by atoms with Crippen LogP contribution in [0.3, 0.4) is 0 Å². The molecule has 0 atom stereocenters. The van der Waals surface area contributed by atoms with Crippen molar-refractivity contribution in [3.05, 3.63) is 42.0 Å². The van der Waals surface area contributed by atoms with Gasteiger partial charge in [-0.3, -0.25) is 0 Å². The first-order valence-corrected chi connectivity index (χ1v) is 5.28. The van der Waals surface area contributed by atoms with E-state index in [-0.39, 0.29) is 5.82 Å². The summed E-state index contributed by atoms with van der Waals surface area (Å²) in [6.07, 6.45) is 3.22. The molecular weight excluding hydrogens is 230 g/mol. The largest absolute Gasteiger partial charge is 0.481 e. The highest BCUT2D eigenvalue weighted by atomic mass is 16.5. The van der Waals surface area contributed by atoms with Crippen LogP contribution in [0.25, 0.3) is 0 Å². The second-order valence-corrected chi connectivity index (χ2v) is 3.44. The van der Waals surface area contributed by atoms with Crippen molar-refractivity contribution in [2.75, 3.05) is 12.4 Å². The fourth-order valence-corrected chi connectivity index (χ4v) is 1.38. The predicted molar refractivity (Wildman–Crippen MR) is 64.9 cm³/mol. The van der Waals surface area contributed by atoms with Crippen molar-refractivity contribution in [1.82, 2.24) is 15.0 Å². The van der Waals surface area contributed by atoms with Gasteiger partial charge in [0, 0.05) is 25.0 Å². The molecule has 0 saturated carbocycles. The van der Waals surface area contributed by atoms with Gasteiger partial charge in [0.15, 0.2) is 0 Å². The number of nitrogens with zero attached hydrogens (tertiary/aromatic N) is 4. The van der Waals surface area contributed by atoms with Crippen molar-refractivity contribution >= 4 is 5.82 Å². The minimum Gasteiger partial charge on any atom is -0.481 e. The Bertz CT molecular complexity index is 579. The fourth-order valence-electron chi connectivity index (χ4n) is 1.38. The molecule has 0 radical (unpaired) electrons. The van der Waals surface area contributed by atoms with E-state index < -0.39 is 0 Å². The van der Waals surface area contributed by atoms with Gasteiger partial charge in [-0.15, -0.1) is 0 Å². The number of anilines is 1. The summed E-state index contributed by atoms with van der Waals surface area (Å²) in [5.41, 5.74) is 1.01. The number of hydrogen-bond donors (Lipinski definition) is 1. The van der Waals surface area contributed by atoms with Gasteiger partial charge in [0.25, 0.3) is 0 Å². The molecule has 0 spiro atoms. The molecule has 0 unspecified atom stereocenters. The summed E-state index contributed by atoms with van der Waals surface area (Å²) in [5, 5.41) is 11.8. The SMILES string of the molecule is COc1cc(CNc2ccnc(C#N)n2)ccn1. The van der Waals surface area contributed by atoms with Gasteiger partial charge in [-0.25, -0.2) is 15.0 Å². The summed E-state index contributed by atoms with van der Waals surface area (Å²) in [6, 6.07) is 7.31. The number of hydrogen-bond acceptors (Lipinski definition) is 6. The quantitative estimate of drug-likeness (QED) is 0.870. The van der Waals surface area contributed by atoms with E-state index in [1.807, 2.05) is 18.2 Å². The van der Waals surface area contributed by atoms with Crippen LogP contribution in [-0.4, -0.2) is 22.1 Å². The molecule has 2 heterocycles. The number of nitriles is 1. The summed E-state index contributed by atoms with van der Waals surface area (Å²) in [6.45, 7) is 0.570. The van der Waals surface area contributed by atoms with Crippen LogP contribution in [0.15, 0.2) is 30.6 Å². The maximum absolute atomic E-state index is 8.69. The van der Waals surface area contributed by atoms with Gasteiger partial charge < -0.3 is 10.1 Å². The maximum atomic E-state index is 8.69. The monoisotopic (exact) mass is 241 g/mol. The average molecular weight is 241 g/mol. The molecule has 0 saturated heterocycles. The number of aromatic nitrogens is 3. The smallest absolute Gasteiger partial charge is 0.234 e. The second-order valence-electron chi connectivity index (χ2n) is 3.44. The van der Waals surface area contributed by atoms with E-state index in [1.165, 1.54) is 0 Å². The minimum atomic E-state index is 0.146. The Hall–Kier alpha value is -2.68. The molecule has 18 heavy (non-hydrogen) atoms. The van der Waals surface area contributed by atoms with Crippen molar-refractivity contribution in [3.8, 4) is 11.9 Å². The molecule has 2 rings (SSSR count). The Labute approximate surface area is 104 Å². The standard InChI is InChI=1S/C12H11N5O/c1-18-12-6-9(2-4-15-12)8-16-10-3-5-14-11(7-13)17-10/h2-6H,8H2,1H3,(H,14,16,17). The summed E-state index contributed by atoms with van der Waals surface area (Å²) in [4.78, 5) is 11.8. The Morgan fingerprint density at radius 1 is 1.33 bits per heavy atom. The molecule has 0 fully saturated rings. The lowest BCUT2D eigenvalue weighted by Crippen LogP contribution is -2.03. The topological polar surface area (TPSA) is 83.7 Å².